The average molecular weight is 235 g/mol. The molecule has 0 bridgehead atoms. The predicted molar refractivity (Wildman–Crippen MR) is 65.1 cm³/mol. The first-order valence-electron chi connectivity index (χ1n) is 6.11. The fraction of sp³-hybridized carbons (Fsp3) is 0.500. The molecule has 92 valence electrons. The molecule has 0 spiro atoms. The monoisotopic (exact) mass is 235 g/mol. The van der Waals surface area contributed by atoms with Gasteiger partial charge in [0, 0.05) is 18.4 Å². The van der Waals surface area contributed by atoms with Crippen LogP contribution in [0.1, 0.15) is 38.2 Å². The molecule has 2 rings (SSSR count). The SMILES string of the molecule is CC(C)CC1NC(=O)CC1c1ccccc1F. The molecule has 1 aromatic carbocycles. The summed E-state index contributed by atoms with van der Waals surface area (Å²) in [5, 5.41) is 2.96. The van der Waals surface area contributed by atoms with Gasteiger partial charge in [-0.2, -0.15) is 0 Å². The van der Waals surface area contributed by atoms with Crippen LogP contribution in [-0.4, -0.2) is 11.9 Å². The highest BCUT2D eigenvalue weighted by atomic mass is 19.1. The smallest absolute Gasteiger partial charge is 0.220 e. The fourth-order valence-corrected chi connectivity index (χ4v) is 2.54. The van der Waals surface area contributed by atoms with Gasteiger partial charge in [0.05, 0.1) is 0 Å². The zero-order valence-corrected chi connectivity index (χ0v) is 10.2. The molecule has 1 aliphatic heterocycles. The number of benzene rings is 1. The van der Waals surface area contributed by atoms with Gasteiger partial charge in [-0.05, 0) is 24.0 Å². The second-order valence-electron chi connectivity index (χ2n) is 5.14. The van der Waals surface area contributed by atoms with Crippen LogP contribution >= 0.6 is 0 Å². The first kappa shape index (κ1) is 12.1. The summed E-state index contributed by atoms with van der Waals surface area (Å²) in [7, 11) is 0. The van der Waals surface area contributed by atoms with Crippen molar-refractivity contribution in [2.45, 2.75) is 38.6 Å². The normalized spacial score (nSPS) is 24.1. The Hall–Kier alpha value is -1.38. The van der Waals surface area contributed by atoms with Crippen molar-refractivity contribution in [3.8, 4) is 0 Å². The van der Waals surface area contributed by atoms with Gasteiger partial charge in [-0.25, -0.2) is 4.39 Å². The van der Waals surface area contributed by atoms with Crippen LogP contribution in [-0.2, 0) is 4.79 Å². The molecule has 1 saturated heterocycles. The van der Waals surface area contributed by atoms with Gasteiger partial charge in [-0.3, -0.25) is 4.79 Å². The summed E-state index contributed by atoms with van der Waals surface area (Å²) in [6, 6.07) is 6.83. The van der Waals surface area contributed by atoms with Crippen molar-refractivity contribution < 1.29 is 9.18 Å². The largest absolute Gasteiger partial charge is 0.353 e. The Morgan fingerprint density at radius 2 is 2.12 bits per heavy atom. The van der Waals surface area contributed by atoms with Gasteiger partial charge in [-0.1, -0.05) is 32.0 Å². The lowest BCUT2D eigenvalue weighted by atomic mass is 9.87. The molecule has 1 aliphatic rings. The lowest BCUT2D eigenvalue weighted by molar-refractivity contribution is -0.119. The van der Waals surface area contributed by atoms with E-state index in [9.17, 15) is 9.18 Å². The van der Waals surface area contributed by atoms with E-state index in [1.807, 2.05) is 6.07 Å². The van der Waals surface area contributed by atoms with Crippen molar-refractivity contribution in [1.82, 2.24) is 5.32 Å². The van der Waals surface area contributed by atoms with E-state index >= 15 is 0 Å². The van der Waals surface area contributed by atoms with E-state index in [2.05, 4.69) is 19.2 Å². The van der Waals surface area contributed by atoms with Crippen LogP contribution in [0, 0.1) is 11.7 Å². The number of rotatable bonds is 3. The molecule has 1 fully saturated rings. The minimum absolute atomic E-state index is 0.0221. The third-order valence-corrected chi connectivity index (χ3v) is 3.27. The molecule has 1 N–H and O–H groups in total. The van der Waals surface area contributed by atoms with Crippen LogP contribution in [0.3, 0.4) is 0 Å². The Balaban J connectivity index is 2.24. The number of hydrogen-bond acceptors (Lipinski definition) is 1. The molecule has 1 amide bonds. The van der Waals surface area contributed by atoms with Gasteiger partial charge >= 0.3 is 0 Å². The van der Waals surface area contributed by atoms with Crippen molar-refractivity contribution in [3.63, 3.8) is 0 Å². The van der Waals surface area contributed by atoms with Gasteiger partial charge in [-0.15, -0.1) is 0 Å². The number of carbonyl (C=O) groups is 1. The number of halogens is 1. The van der Waals surface area contributed by atoms with E-state index < -0.39 is 0 Å². The van der Waals surface area contributed by atoms with Crippen molar-refractivity contribution in [3.05, 3.63) is 35.6 Å². The average Bonchev–Trinajstić information content (AvgIpc) is 2.59. The molecule has 0 radical (unpaired) electrons. The molecule has 2 nitrogen and oxygen atoms in total. The molecule has 3 heteroatoms. The van der Waals surface area contributed by atoms with Crippen molar-refractivity contribution >= 4 is 5.91 Å². The van der Waals surface area contributed by atoms with Crippen LogP contribution in [0.5, 0.6) is 0 Å². The van der Waals surface area contributed by atoms with Crippen LogP contribution in [0.25, 0.3) is 0 Å². The van der Waals surface area contributed by atoms with E-state index in [-0.39, 0.29) is 23.7 Å². The maximum Gasteiger partial charge on any atom is 0.220 e. The highest BCUT2D eigenvalue weighted by Crippen LogP contribution is 2.33. The van der Waals surface area contributed by atoms with E-state index in [0.717, 1.165) is 6.42 Å². The maximum atomic E-state index is 13.7. The number of amides is 1. The molecular formula is C14H18FNO. The highest BCUT2D eigenvalue weighted by molar-refractivity contribution is 5.80. The topological polar surface area (TPSA) is 29.1 Å². The highest BCUT2D eigenvalue weighted by Gasteiger charge is 2.34. The van der Waals surface area contributed by atoms with Gasteiger partial charge in [0.1, 0.15) is 5.82 Å². The first-order chi connectivity index (χ1) is 8.08. The Kier molecular flexibility index (Phi) is 3.46. The van der Waals surface area contributed by atoms with E-state index in [1.165, 1.54) is 6.07 Å². The van der Waals surface area contributed by atoms with Gasteiger partial charge in [0.25, 0.3) is 0 Å². The third kappa shape index (κ3) is 2.65. The van der Waals surface area contributed by atoms with Gasteiger partial charge < -0.3 is 5.32 Å². The molecule has 1 heterocycles. The van der Waals surface area contributed by atoms with Crippen LogP contribution < -0.4 is 5.32 Å². The molecule has 0 saturated carbocycles. The minimum Gasteiger partial charge on any atom is -0.353 e. The summed E-state index contributed by atoms with van der Waals surface area (Å²) in [4.78, 5) is 11.5. The van der Waals surface area contributed by atoms with Crippen molar-refractivity contribution in [1.29, 1.82) is 0 Å². The van der Waals surface area contributed by atoms with Crippen LogP contribution in [0.2, 0.25) is 0 Å². The van der Waals surface area contributed by atoms with E-state index in [0.29, 0.717) is 17.9 Å². The Labute approximate surface area is 101 Å². The van der Waals surface area contributed by atoms with Crippen molar-refractivity contribution in [2.75, 3.05) is 0 Å². The predicted octanol–water partition coefficient (Wildman–Crippen LogP) is 2.84. The standard InChI is InChI=1S/C14H18FNO/c1-9(2)7-13-11(8-14(17)16-13)10-5-3-4-6-12(10)15/h3-6,9,11,13H,7-8H2,1-2H3,(H,16,17). The summed E-state index contributed by atoms with van der Waals surface area (Å²) in [6.07, 6.45) is 1.29. The Morgan fingerprint density at radius 1 is 1.41 bits per heavy atom. The number of hydrogen-bond donors (Lipinski definition) is 1. The maximum absolute atomic E-state index is 13.7. The van der Waals surface area contributed by atoms with Crippen molar-refractivity contribution in [2.24, 2.45) is 5.92 Å². The summed E-state index contributed by atoms with van der Waals surface area (Å²) in [6.45, 7) is 4.23. The molecular weight excluding hydrogens is 217 g/mol. The van der Waals surface area contributed by atoms with Crippen LogP contribution in [0.4, 0.5) is 4.39 Å². The molecule has 0 aromatic heterocycles. The second kappa shape index (κ2) is 4.86. The minimum atomic E-state index is -0.206. The van der Waals surface area contributed by atoms with E-state index in [1.54, 1.807) is 12.1 Å². The number of nitrogens with one attached hydrogen (secondary N) is 1. The van der Waals surface area contributed by atoms with Gasteiger partial charge in [0.15, 0.2) is 0 Å². The quantitative estimate of drug-likeness (QED) is 0.857. The molecule has 2 atom stereocenters. The zero-order chi connectivity index (χ0) is 12.4. The Morgan fingerprint density at radius 3 is 2.76 bits per heavy atom. The molecule has 17 heavy (non-hydrogen) atoms. The molecule has 0 aliphatic carbocycles. The lowest BCUT2D eigenvalue weighted by Crippen LogP contribution is -2.29. The summed E-state index contributed by atoms with van der Waals surface area (Å²) in [5.74, 6) is 0.297. The zero-order valence-electron chi connectivity index (χ0n) is 10.2. The van der Waals surface area contributed by atoms with Crippen LogP contribution in [0.15, 0.2) is 24.3 Å². The van der Waals surface area contributed by atoms with E-state index in [4.69, 9.17) is 0 Å². The summed E-state index contributed by atoms with van der Waals surface area (Å²) in [5.41, 5.74) is 0.663. The Bertz CT molecular complexity index is 416. The molecule has 2 unspecified atom stereocenters. The fourth-order valence-electron chi connectivity index (χ4n) is 2.54. The first-order valence-corrected chi connectivity index (χ1v) is 6.11. The third-order valence-electron chi connectivity index (χ3n) is 3.27. The summed E-state index contributed by atoms with van der Waals surface area (Å²) < 4.78 is 13.7. The second-order valence-corrected chi connectivity index (χ2v) is 5.14. The number of carbonyl (C=O) groups excluding carboxylic acids is 1. The molecule has 1 aromatic rings. The summed E-state index contributed by atoms with van der Waals surface area (Å²) >= 11 is 0. The van der Waals surface area contributed by atoms with Gasteiger partial charge in [0.2, 0.25) is 5.91 Å². The lowest BCUT2D eigenvalue weighted by Gasteiger charge is -2.21.